The van der Waals surface area contributed by atoms with Gasteiger partial charge in [-0.3, -0.25) is 4.79 Å². The van der Waals surface area contributed by atoms with Gasteiger partial charge in [0.15, 0.2) is 0 Å². The van der Waals surface area contributed by atoms with E-state index in [1.54, 1.807) is 18.4 Å². The molecule has 1 amide bonds. The van der Waals surface area contributed by atoms with Crippen molar-refractivity contribution >= 4 is 17.2 Å². The van der Waals surface area contributed by atoms with Crippen LogP contribution in [0.5, 0.6) is 0 Å². The fourth-order valence-corrected chi connectivity index (χ4v) is 4.00. The summed E-state index contributed by atoms with van der Waals surface area (Å²) in [5.41, 5.74) is 1.36. The largest absolute Gasteiger partial charge is 0.384 e. The Bertz CT molecular complexity index is 473. The van der Waals surface area contributed by atoms with Crippen molar-refractivity contribution in [2.45, 2.75) is 33.1 Å². The lowest BCUT2D eigenvalue weighted by Gasteiger charge is -2.37. The second-order valence-electron chi connectivity index (χ2n) is 5.91. The Labute approximate surface area is 131 Å². The van der Waals surface area contributed by atoms with Gasteiger partial charge in [0.2, 0.25) is 0 Å². The zero-order valence-corrected chi connectivity index (χ0v) is 14.1. The standard InChI is InChI=1S/C16H26N2O2S/c1-4-13-9-14(21-12(13)2)15(19)18-10-16(11-20-3)5-7-17-8-6-16/h9,17H,4-8,10-11H2,1-3H3,(H,18,19). The fraction of sp³-hybridized carbons (Fsp3) is 0.688. The number of carbonyl (C=O) groups excluding carboxylic acids is 1. The lowest BCUT2D eigenvalue weighted by molar-refractivity contribution is 0.0512. The van der Waals surface area contributed by atoms with Crippen molar-refractivity contribution in [1.29, 1.82) is 0 Å². The topological polar surface area (TPSA) is 50.4 Å². The molecule has 0 atom stereocenters. The molecular weight excluding hydrogens is 284 g/mol. The van der Waals surface area contributed by atoms with Gasteiger partial charge < -0.3 is 15.4 Å². The average molecular weight is 310 g/mol. The highest BCUT2D eigenvalue weighted by Crippen LogP contribution is 2.29. The quantitative estimate of drug-likeness (QED) is 0.848. The molecule has 0 spiro atoms. The second-order valence-corrected chi connectivity index (χ2v) is 7.17. The van der Waals surface area contributed by atoms with Gasteiger partial charge in [0.05, 0.1) is 11.5 Å². The Morgan fingerprint density at radius 1 is 1.48 bits per heavy atom. The molecular formula is C16H26N2O2S. The van der Waals surface area contributed by atoms with Gasteiger partial charge >= 0.3 is 0 Å². The average Bonchev–Trinajstić information content (AvgIpc) is 2.87. The summed E-state index contributed by atoms with van der Waals surface area (Å²) in [5, 5.41) is 6.49. The van der Waals surface area contributed by atoms with Crippen LogP contribution >= 0.6 is 11.3 Å². The van der Waals surface area contributed by atoms with Crippen LogP contribution in [0.15, 0.2) is 6.07 Å². The minimum Gasteiger partial charge on any atom is -0.384 e. The molecule has 5 heteroatoms. The Morgan fingerprint density at radius 3 is 2.76 bits per heavy atom. The van der Waals surface area contributed by atoms with E-state index in [0.29, 0.717) is 13.2 Å². The van der Waals surface area contributed by atoms with E-state index in [1.807, 2.05) is 6.07 Å². The van der Waals surface area contributed by atoms with Gasteiger partial charge in [-0.25, -0.2) is 0 Å². The first-order valence-electron chi connectivity index (χ1n) is 7.67. The number of amides is 1. The minimum absolute atomic E-state index is 0.0526. The van der Waals surface area contributed by atoms with E-state index in [1.165, 1.54) is 10.4 Å². The predicted molar refractivity (Wildman–Crippen MR) is 87.2 cm³/mol. The maximum Gasteiger partial charge on any atom is 0.261 e. The van der Waals surface area contributed by atoms with Crippen LogP contribution in [0.1, 0.15) is 39.9 Å². The molecule has 1 aromatic rings. The molecule has 2 heterocycles. The van der Waals surface area contributed by atoms with Gasteiger partial charge in [0.25, 0.3) is 5.91 Å². The minimum atomic E-state index is 0.0526. The van der Waals surface area contributed by atoms with Crippen LogP contribution in [-0.4, -0.2) is 39.3 Å². The van der Waals surface area contributed by atoms with Crippen LogP contribution in [0.4, 0.5) is 0 Å². The van der Waals surface area contributed by atoms with Crippen molar-refractivity contribution in [3.63, 3.8) is 0 Å². The smallest absolute Gasteiger partial charge is 0.261 e. The third-order valence-electron chi connectivity index (χ3n) is 4.36. The third kappa shape index (κ3) is 4.05. The zero-order chi connectivity index (χ0) is 15.3. The number of aryl methyl sites for hydroxylation is 2. The molecule has 0 saturated carbocycles. The molecule has 118 valence electrons. The number of rotatable bonds is 6. The molecule has 1 aromatic heterocycles. The second kappa shape index (κ2) is 7.38. The number of nitrogens with one attached hydrogen (secondary N) is 2. The molecule has 0 aromatic carbocycles. The maximum atomic E-state index is 12.4. The summed E-state index contributed by atoms with van der Waals surface area (Å²) in [6.45, 7) is 7.60. The van der Waals surface area contributed by atoms with Crippen LogP contribution in [-0.2, 0) is 11.2 Å². The van der Waals surface area contributed by atoms with Gasteiger partial charge in [-0.05, 0) is 50.9 Å². The third-order valence-corrected chi connectivity index (χ3v) is 5.46. The van der Waals surface area contributed by atoms with Crippen LogP contribution in [0.2, 0.25) is 0 Å². The number of hydrogen-bond acceptors (Lipinski definition) is 4. The van der Waals surface area contributed by atoms with Gasteiger partial charge in [0.1, 0.15) is 0 Å². The highest BCUT2D eigenvalue weighted by molar-refractivity contribution is 7.14. The molecule has 2 N–H and O–H groups in total. The Balaban J connectivity index is 1.97. The van der Waals surface area contributed by atoms with E-state index in [2.05, 4.69) is 24.5 Å². The summed E-state index contributed by atoms with van der Waals surface area (Å²) in [6.07, 6.45) is 3.07. The van der Waals surface area contributed by atoms with Crippen LogP contribution < -0.4 is 10.6 Å². The van der Waals surface area contributed by atoms with E-state index in [-0.39, 0.29) is 11.3 Å². The number of hydrogen-bond donors (Lipinski definition) is 2. The van der Waals surface area contributed by atoms with Crippen molar-refractivity contribution < 1.29 is 9.53 Å². The summed E-state index contributed by atoms with van der Waals surface area (Å²) >= 11 is 1.59. The number of carbonyl (C=O) groups is 1. The predicted octanol–water partition coefficient (Wildman–Crippen LogP) is 2.36. The number of piperidine rings is 1. The molecule has 1 aliphatic heterocycles. The SMILES string of the molecule is CCc1cc(C(=O)NCC2(COC)CCNCC2)sc1C. The van der Waals surface area contributed by atoms with Crippen LogP contribution in [0.3, 0.4) is 0 Å². The monoisotopic (exact) mass is 310 g/mol. The van der Waals surface area contributed by atoms with Gasteiger partial charge in [0, 0.05) is 23.9 Å². The van der Waals surface area contributed by atoms with E-state index in [0.717, 1.165) is 37.2 Å². The van der Waals surface area contributed by atoms with Gasteiger partial charge in [-0.2, -0.15) is 0 Å². The Kier molecular flexibility index (Phi) is 5.79. The molecule has 1 aliphatic rings. The fourth-order valence-electron chi connectivity index (χ4n) is 2.97. The Morgan fingerprint density at radius 2 is 2.19 bits per heavy atom. The van der Waals surface area contributed by atoms with E-state index >= 15 is 0 Å². The van der Waals surface area contributed by atoms with Crippen molar-refractivity contribution in [2.75, 3.05) is 33.4 Å². The highest BCUT2D eigenvalue weighted by Gasteiger charge is 2.32. The summed E-state index contributed by atoms with van der Waals surface area (Å²) < 4.78 is 5.39. The molecule has 0 unspecified atom stereocenters. The van der Waals surface area contributed by atoms with Crippen LogP contribution in [0.25, 0.3) is 0 Å². The highest BCUT2D eigenvalue weighted by atomic mass is 32.1. The molecule has 0 bridgehead atoms. The first-order chi connectivity index (χ1) is 10.1. The number of methoxy groups -OCH3 is 1. The van der Waals surface area contributed by atoms with Crippen molar-refractivity contribution in [1.82, 2.24) is 10.6 Å². The normalized spacial score (nSPS) is 17.7. The molecule has 2 rings (SSSR count). The summed E-state index contributed by atoms with van der Waals surface area (Å²) in [4.78, 5) is 14.4. The first-order valence-corrected chi connectivity index (χ1v) is 8.49. The van der Waals surface area contributed by atoms with Crippen molar-refractivity contribution in [3.8, 4) is 0 Å². The van der Waals surface area contributed by atoms with Gasteiger partial charge in [-0.1, -0.05) is 6.92 Å². The zero-order valence-electron chi connectivity index (χ0n) is 13.3. The first kappa shape index (κ1) is 16.5. The van der Waals surface area contributed by atoms with Gasteiger partial charge in [-0.15, -0.1) is 11.3 Å². The Hall–Kier alpha value is -0.910. The maximum absolute atomic E-state index is 12.4. The lowest BCUT2D eigenvalue weighted by Crippen LogP contribution is -2.47. The summed E-state index contributed by atoms with van der Waals surface area (Å²) in [7, 11) is 1.74. The van der Waals surface area contributed by atoms with Crippen molar-refractivity contribution in [2.24, 2.45) is 5.41 Å². The van der Waals surface area contributed by atoms with E-state index in [4.69, 9.17) is 4.74 Å². The molecule has 0 radical (unpaired) electrons. The molecule has 21 heavy (non-hydrogen) atoms. The number of thiophene rings is 1. The summed E-state index contributed by atoms with van der Waals surface area (Å²) in [5.74, 6) is 0.0526. The molecule has 1 saturated heterocycles. The lowest BCUT2D eigenvalue weighted by atomic mass is 9.79. The van der Waals surface area contributed by atoms with Crippen LogP contribution in [0, 0.1) is 12.3 Å². The number of ether oxygens (including phenoxy) is 1. The van der Waals surface area contributed by atoms with E-state index in [9.17, 15) is 4.79 Å². The van der Waals surface area contributed by atoms with Crippen molar-refractivity contribution in [3.05, 3.63) is 21.4 Å². The van der Waals surface area contributed by atoms with E-state index < -0.39 is 0 Å². The summed E-state index contributed by atoms with van der Waals surface area (Å²) in [6, 6.07) is 2.03. The molecule has 0 aliphatic carbocycles. The molecule has 4 nitrogen and oxygen atoms in total. The molecule has 1 fully saturated rings.